The minimum absolute atomic E-state index is 0.0636. The molecule has 0 aliphatic carbocycles. The molecule has 6 N–H and O–H groups in total. The Morgan fingerprint density at radius 3 is 2.54 bits per heavy atom. The summed E-state index contributed by atoms with van der Waals surface area (Å²) in [4.78, 5) is 25.6. The van der Waals surface area contributed by atoms with Crippen LogP contribution in [0.1, 0.15) is 18.2 Å². The number of aryl methyl sites for hydroxylation is 1. The van der Waals surface area contributed by atoms with Crippen molar-refractivity contribution in [3.8, 4) is 0 Å². The topological polar surface area (TPSA) is 184 Å². The van der Waals surface area contributed by atoms with Crippen molar-refractivity contribution in [2.75, 3.05) is 13.2 Å². The Hall–Kier alpha value is -1.64. The Labute approximate surface area is 158 Å². The van der Waals surface area contributed by atoms with Crippen molar-refractivity contribution in [1.29, 1.82) is 0 Å². The predicted octanol–water partition coefficient (Wildman–Crippen LogP) is -3.69. The van der Waals surface area contributed by atoms with Gasteiger partial charge in [0.05, 0.1) is 19.3 Å². The summed E-state index contributed by atoms with van der Waals surface area (Å²) in [6, 6.07) is 0. The highest BCUT2D eigenvalue weighted by Gasteiger charge is 2.45. The van der Waals surface area contributed by atoms with Crippen LogP contribution in [0.3, 0.4) is 0 Å². The lowest BCUT2D eigenvalue weighted by Gasteiger charge is -2.39. The Bertz CT molecular complexity index is 792. The average molecular weight is 404 g/mol. The van der Waals surface area contributed by atoms with E-state index < -0.39 is 67.0 Å². The average Bonchev–Trinajstić information content (AvgIpc) is 3.02. The maximum Gasteiger partial charge on any atom is 0.330 e. The highest BCUT2D eigenvalue weighted by molar-refractivity contribution is 5.02. The molecule has 1 aromatic rings. The Morgan fingerprint density at radius 1 is 1.14 bits per heavy atom. The molecule has 2 saturated heterocycles. The molecule has 2 fully saturated rings. The van der Waals surface area contributed by atoms with E-state index in [0.717, 1.165) is 4.57 Å². The van der Waals surface area contributed by atoms with E-state index in [4.69, 9.17) is 14.2 Å². The number of aromatic nitrogens is 2. The van der Waals surface area contributed by atoms with Gasteiger partial charge in [0, 0.05) is 18.2 Å². The number of rotatable bonds is 5. The Morgan fingerprint density at radius 2 is 1.86 bits per heavy atom. The van der Waals surface area contributed by atoms with Gasteiger partial charge in [-0.15, -0.1) is 0 Å². The second-order valence-electron chi connectivity index (χ2n) is 6.94. The zero-order valence-electron chi connectivity index (χ0n) is 15.0. The van der Waals surface area contributed by atoms with Crippen molar-refractivity contribution >= 4 is 0 Å². The molecule has 0 saturated carbocycles. The van der Waals surface area contributed by atoms with Crippen LogP contribution in [0.4, 0.5) is 0 Å². The molecule has 12 nitrogen and oxygen atoms in total. The van der Waals surface area contributed by atoms with Crippen LogP contribution in [0.2, 0.25) is 0 Å². The van der Waals surface area contributed by atoms with E-state index in [1.54, 1.807) is 0 Å². The van der Waals surface area contributed by atoms with Crippen LogP contribution in [-0.4, -0.2) is 91.2 Å². The summed E-state index contributed by atoms with van der Waals surface area (Å²) in [5.41, 5.74) is -0.885. The summed E-state index contributed by atoms with van der Waals surface area (Å²) in [6.07, 6.45) is -8.46. The molecule has 158 valence electrons. The van der Waals surface area contributed by atoms with Gasteiger partial charge in [0.15, 0.2) is 6.29 Å². The summed E-state index contributed by atoms with van der Waals surface area (Å²) >= 11 is 0. The zero-order chi connectivity index (χ0) is 20.6. The summed E-state index contributed by atoms with van der Waals surface area (Å²) < 4.78 is 17.4. The molecule has 0 spiro atoms. The fourth-order valence-electron chi connectivity index (χ4n) is 3.23. The normalized spacial score (nSPS) is 38.6. The first kappa shape index (κ1) is 21.1. The van der Waals surface area contributed by atoms with E-state index in [-0.39, 0.29) is 13.0 Å². The first-order chi connectivity index (χ1) is 13.2. The maximum atomic E-state index is 12.0. The number of hydrogen-bond acceptors (Lipinski definition) is 10. The van der Waals surface area contributed by atoms with Crippen LogP contribution in [-0.2, 0) is 14.2 Å². The number of H-pyrrole nitrogens is 1. The first-order valence-electron chi connectivity index (χ1n) is 8.80. The first-order valence-corrected chi connectivity index (χ1v) is 8.80. The second-order valence-corrected chi connectivity index (χ2v) is 6.94. The number of nitrogens with one attached hydrogen (secondary N) is 1. The van der Waals surface area contributed by atoms with Gasteiger partial charge in [0.1, 0.15) is 36.7 Å². The minimum Gasteiger partial charge on any atom is -0.394 e. The van der Waals surface area contributed by atoms with Crippen LogP contribution in [0, 0.1) is 6.92 Å². The van der Waals surface area contributed by atoms with Gasteiger partial charge in [-0.1, -0.05) is 0 Å². The molecule has 1 unspecified atom stereocenters. The number of aliphatic hydroxyl groups excluding tert-OH is 5. The van der Waals surface area contributed by atoms with Crippen molar-refractivity contribution in [3.05, 3.63) is 32.6 Å². The SMILES string of the molecule is Cc1cn([C@H]2C[C@H](O)[C@@H](COC3O[C@H](CO)[C@@H](O)[C@H](O)[C@H]3O)O2)c(=O)[nH]c1=O. The van der Waals surface area contributed by atoms with E-state index in [9.17, 15) is 35.1 Å². The van der Waals surface area contributed by atoms with Gasteiger partial charge in [0.25, 0.3) is 5.56 Å². The second kappa shape index (κ2) is 8.39. The highest BCUT2D eigenvalue weighted by Crippen LogP contribution is 2.29. The summed E-state index contributed by atoms with van der Waals surface area (Å²) in [6.45, 7) is 0.682. The molecule has 12 heteroatoms. The van der Waals surface area contributed by atoms with Gasteiger partial charge in [-0.05, 0) is 6.92 Å². The highest BCUT2D eigenvalue weighted by atomic mass is 16.7. The predicted molar refractivity (Wildman–Crippen MR) is 90.3 cm³/mol. The molecule has 8 atom stereocenters. The number of aromatic amines is 1. The number of aliphatic hydroxyl groups is 5. The van der Waals surface area contributed by atoms with Gasteiger partial charge in [-0.25, -0.2) is 4.79 Å². The minimum atomic E-state index is -1.58. The molecule has 3 rings (SSSR count). The van der Waals surface area contributed by atoms with Crippen LogP contribution in [0.5, 0.6) is 0 Å². The molecule has 0 radical (unpaired) electrons. The van der Waals surface area contributed by atoms with E-state index in [1.165, 1.54) is 13.1 Å². The van der Waals surface area contributed by atoms with Crippen LogP contribution < -0.4 is 11.2 Å². The van der Waals surface area contributed by atoms with Crippen LogP contribution in [0.25, 0.3) is 0 Å². The molecule has 3 heterocycles. The van der Waals surface area contributed by atoms with Gasteiger partial charge in [0.2, 0.25) is 0 Å². The molecule has 28 heavy (non-hydrogen) atoms. The van der Waals surface area contributed by atoms with Crippen molar-refractivity contribution in [3.63, 3.8) is 0 Å². The van der Waals surface area contributed by atoms with Gasteiger partial charge >= 0.3 is 5.69 Å². The molecular formula is C16H24N2O10. The number of ether oxygens (including phenoxy) is 3. The van der Waals surface area contributed by atoms with Gasteiger partial charge in [-0.2, -0.15) is 0 Å². The molecule has 0 aromatic carbocycles. The molecule has 2 aliphatic heterocycles. The molecule has 2 aliphatic rings. The summed E-state index contributed by atoms with van der Waals surface area (Å²) in [5.74, 6) is 0. The lowest BCUT2D eigenvalue weighted by molar-refractivity contribution is -0.306. The van der Waals surface area contributed by atoms with Crippen molar-refractivity contribution in [2.24, 2.45) is 0 Å². The van der Waals surface area contributed by atoms with Crippen molar-refractivity contribution < 1.29 is 39.7 Å². The standard InChI is InChI=1S/C16H24N2O10/c1-6-3-18(16(25)17-14(6)24)10-2-7(20)9(27-10)5-26-15-13(23)12(22)11(21)8(4-19)28-15/h3,7-13,15,19-23H,2,4-5H2,1H3,(H,17,24,25)/t7-,8+,9+,10+,11+,12-,13+,15?/m0/s1. The fraction of sp³-hybridized carbons (Fsp3) is 0.750. The lowest BCUT2D eigenvalue weighted by Crippen LogP contribution is -2.59. The third-order valence-corrected chi connectivity index (χ3v) is 4.93. The molecular weight excluding hydrogens is 380 g/mol. The number of nitrogens with zero attached hydrogens (tertiary/aromatic N) is 1. The molecule has 0 amide bonds. The molecule has 0 bridgehead atoms. The zero-order valence-corrected chi connectivity index (χ0v) is 15.0. The summed E-state index contributed by atoms with van der Waals surface area (Å²) in [7, 11) is 0. The number of hydrogen-bond donors (Lipinski definition) is 6. The summed E-state index contributed by atoms with van der Waals surface area (Å²) in [5, 5.41) is 48.9. The maximum absolute atomic E-state index is 12.0. The third-order valence-electron chi connectivity index (χ3n) is 4.93. The third kappa shape index (κ3) is 4.04. The smallest absolute Gasteiger partial charge is 0.330 e. The van der Waals surface area contributed by atoms with E-state index in [0.29, 0.717) is 5.56 Å². The van der Waals surface area contributed by atoms with E-state index in [2.05, 4.69) is 4.98 Å². The molecule has 1 aromatic heterocycles. The largest absolute Gasteiger partial charge is 0.394 e. The fourth-order valence-corrected chi connectivity index (χ4v) is 3.23. The van der Waals surface area contributed by atoms with Crippen molar-refractivity contribution in [1.82, 2.24) is 9.55 Å². The Balaban J connectivity index is 1.64. The van der Waals surface area contributed by atoms with Crippen molar-refractivity contribution in [2.45, 2.75) is 62.5 Å². The Kier molecular flexibility index (Phi) is 6.31. The van der Waals surface area contributed by atoms with Gasteiger partial charge < -0.3 is 39.7 Å². The van der Waals surface area contributed by atoms with Crippen LogP contribution in [0.15, 0.2) is 15.8 Å². The van der Waals surface area contributed by atoms with E-state index in [1.807, 2.05) is 0 Å². The van der Waals surface area contributed by atoms with E-state index >= 15 is 0 Å². The quantitative estimate of drug-likeness (QED) is 0.286. The monoisotopic (exact) mass is 404 g/mol. The van der Waals surface area contributed by atoms with Crippen LogP contribution >= 0.6 is 0 Å². The lowest BCUT2D eigenvalue weighted by atomic mass is 9.99. The van der Waals surface area contributed by atoms with Gasteiger partial charge in [-0.3, -0.25) is 14.3 Å².